The molecule has 4 nitrogen and oxygen atoms in total. The third-order valence-corrected chi connectivity index (χ3v) is 5.24. The Bertz CT molecular complexity index is 656. The van der Waals surface area contributed by atoms with Crippen LogP contribution in [0.15, 0.2) is 12.1 Å². The third kappa shape index (κ3) is 2.73. The molecule has 0 spiro atoms. The summed E-state index contributed by atoms with van der Waals surface area (Å²) >= 11 is 0. The molecular formula is C17H22BF2NO3. The number of amides is 1. The lowest BCUT2D eigenvalue weighted by Crippen LogP contribution is -2.41. The van der Waals surface area contributed by atoms with Gasteiger partial charge in [0.05, 0.1) is 11.2 Å². The molecule has 1 aromatic carbocycles. The van der Waals surface area contributed by atoms with Crippen LogP contribution in [0.2, 0.25) is 0 Å². The van der Waals surface area contributed by atoms with Gasteiger partial charge in [0.2, 0.25) is 0 Å². The SMILES string of the molecule is CC1(C)OB(c2ccc(F)c(C(=O)N3CCCC3)c2F)OC1(C)C. The van der Waals surface area contributed by atoms with Gasteiger partial charge in [0.15, 0.2) is 0 Å². The van der Waals surface area contributed by atoms with E-state index >= 15 is 0 Å². The van der Waals surface area contributed by atoms with Crippen molar-refractivity contribution in [3.8, 4) is 0 Å². The average Bonchev–Trinajstić information content (AvgIpc) is 3.06. The molecule has 0 aliphatic carbocycles. The second-order valence-electron chi connectivity index (χ2n) is 7.41. The molecule has 1 amide bonds. The van der Waals surface area contributed by atoms with Gasteiger partial charge in [-0.15, -0.1) is 0 Å². The molecule has 2 heterocycles. The summed E-state index contributed by atoms with van der Waals surface area (Å²) in [7, 11) is -0.972. The van der Waals surface area contributed by atoms with Crippen molar-refractivity contribution >= 4 is 18.5 Å². The lowest BCUT2D eigenvalue weighted by molar-refractivity contribution is 0.00578. The molecule has 0 radical (unpaired) electrons. The number of likely N-dealkylation sites (tertiary alicyclic amines) is 1. The summed E-state index contributed by atoms with van der Waals surface area (Å²) in [5, 5.41) is 0. The van der Waals surface area contributed by atoms with Gasteiger partial charge in [-0.1, -0.05) is 6.07 Å². The van der Waals surface area contributed by atoms with E-state index in [4.69, 9.17) is 9.31 Å². The summed E-state index contributed by atoms with van der Waals surface area (Å²) in [6.45, 7) is 8.46. The highest BCUT2D eigenvalue weighted by Crippen LogP contribution is 2.36. The molecule has 2 aliphatic heterocycles. The van der Waals surface area contributed by atoms with Crippen molar-refractivity contribution in [3.05, 3.63) is 29.3 Å². The smallest absolute Gasteiger partial charge is 0.399 e. The molecule has 0 bridgehead atoms. The van der Waals surface area contributed by atoms with Gasteiger partial charge in [-0.05, 0) is 46.6 Å². The van der Waals surface area contributed by atoms with Gasteiger partial charge in [-0.2, -0.15) is 0 Å². The quantitative estimate of drug-likeness (QED) is 0.779. The van der Waals surface area contributed by atoms with Crippen LogP contribution in [0.3, 0.4) is 0 Å². The monoisotopic (exact) mass is 337 g/mol. The summed E-state index contributed by atoms with van der Waals surface area (Å²) in [4.78, 5) is 14.0. The second kappa shape index (κ2) is 5.81. The maximum absolute atomic E-state index is 14.9. The van der Waals surface area contributed by atoms with Crippen molar-refractivity contribution in [2.45, 2.75) is 51.7 Å². The summed E-state index contributed by atoms with van der Waals surface area (Å²) in [6.07, 6.45) is 1.71. The van der Waals surface area contributed by atoms with Gasteiger partial charge in [0.25, 0.3) is 5.91 Å². The predicted octanol–water partition coefficient (Wildman–Crippen LogP) is 2.50. The highest BCUT2D eigenvalue weighted by molar-refractivity contribution is 6.62. The van der Waals surface area contributed by atoms with Gasteiger partial charge in [-0.3, -0.25) is 4.79 Å². The fourth-order valence-corrected chi connectivity index (χ4v) is 3.00. The van der Waals surface area contributed by atoms with Crippen LogP contribution < -0.4 is 5.46 Å². The molecule has 2 saturated heterocycles. The Labute approximate surface area is 141 Å². The number of carbonyl (C=O) groups excluding carboxylic acids is 1. The van der Waals surface area contributed by atoms with Crippen LogP contribution >= 0.6 is 0 Å². The normalized spacial score (nSPS) is 22.2. The van der Waals surface area contributed by atoms with Crippen LogP contribution in [0.4, 0.5) is 8.78 Å². The van der Waals surface area contributed by atoms with E-state index in [0.717, 1.165) is 18.9 Å². The van der Waals surface area contributed by atoms with E-state index < -0.39 is 41.4 Å². The average molecular weight is 337 g/mol. The Morgan fingerprint density at radius 3 is 2.17 bits per heavy atom. The number of rotatable bonds is 2. The maximum Gasteiger partial charge on any atom is 0.497 e. The molecule has 0 atom stereocenters. The van der Waals surface area contributed by atoms with Crippen molar-refractivity contribution in [1.29, 1.82) is 0 Å². The second-order valence-corrected chi connectivity index (χ2v) is 7.41. The molecule has 3 rings (SSSR count). The van der Waals surface area contributed by atoms with Crippen LogP contribution in [-0.4, -0.2) is 42.2 Å². The van der Waals surface area contributed by atoms with Gasteiger partial charge in [-0.25, -0.2) is 8.78 Å². The molecule has 2 aliphatic rings. The van der Waals surface area contributed by atoms with E-state index in [1.54, 1.807) is 0 Å². The van der Waals surface area contributed by atoms with Crippen LogP contribution in [0.5, 0.6) is 0 Å². The first-order valence-corrected chi connectivity index (χ1v) is 8.27. The zero-order valence-corrected chi connectivity index (χ0v) is 14.5. The highest BCUT2D eigenvalue weighted by atomic mass is 19.1. The fraction of sp³-hybridized carbons (Fsp3) is 0.588. The predicted molar refractivity (Wildman–Crippen MR) is 87.2 cm³/mol. The Hall–Kier alpha value is -1.47. The lowest BCUT2D eigenvalue weighted by Gasteiger charge is -2.32. The molecule has 24 heavy (non-hydrogen) atoms. The van der Waals surface area contributed by atoms with Crippen molar-refractivity contribution in [1.82, 2.24) is 4.90 Å². The Morgan fingerprint density at radius 1 is 1.08 bits per heavy atom. The van der Waals surface area contributed by atoms with Crippen LogP contribution in [-0.2, 0) is 9.31 Å². The first-order chi connectivity index (χ1) is 11.1. The minimum absolute atomic E-state index is 0.0533. The van der Waals surface area contributed by atoms with E-state index in [9.17, 15) is 13.6 Å². The van der Waals surface area contributed by atoms with Crippen LogP contribution in [0.1, 0.15) is 50.9 Å². The lowest BCUT2D eigenvalue weighted by atomic mass is 9.77. The van der Waals surface area contributed by atoms with E-state index in [2.05, 4.69) is 0 Å². The van der Waals surface area contributed by atoms with E-state index in [0.29, 0.717) is 13.1 Å². The first-order valence-electron chi connectivity index (χ1n) is 8.27. The fourth-order valence-electron chi connectivity index (χ4n) is 3.00. The molecular weight excluding hydrogens is 315 g/mol. The van der Waals surface area contributed by atoms with Gasteiger partial charge in [0.1, 0.15) is 17.2 Å². The Morgan fingerprint density at radius 2 is 1.62 bits per heavy atom. The van der Waals surface area contributed by atoms with E-state index in [1.165, 1.54) is 11.0 Å². The number of carbonyl (C=O) groups is 1. The standard InChI is InChI=1S/C17H22BF2NO3/c1-16(2)17(3,4)24-18(23-16)11-7-8-12(19)13(14(11)20)15(22)21-9-5-6-10-21/h7-8H,5-6,9-10H2,1-4H3. The Kier molecular flexibility index (Phi) is 4.20. The molecule has 0 N–H and O–H groups in total. The maximum atomic E-state index is 14.9. The topological polar surface area (TPSA) is 38.8 Å². The zero-order valence-electron chi connectivity index (χ0n) is 14.5. The first kappa shape index (κ1) is 17.4. The number of nitrogens with zero attached hydrogens (tertiary/aromatic N) is 1. The van der Waals surface area contributed by atoms with Crippen LogP contribution in [0.25, 0.3) is 0 Å². The molecule has 0 saturated carbocycles. The van der Waals surface area contributed by atoms with E-state index in [1.807, 2.05) is 27.7 Å². The summed E-state index contributed by atoms with van der Waals surface area (Å²) in [6, 6.07) is 2.39. The van der Waals surface area contributed by atoms with Crippen molar-refractivity contribution in [3.63, 3.8) is 0 Å². The zero-order chi connectivity index (χ0) is 17.7. The summed E-state index contributed by atoms with van der Waals surface area (Å²) in [5.41, 5.74) is -1.75. The van der Waals surface area contributed by atoms with E-state index in [-0.39, 0.29) is 5.46 Å². The largest absolute Gasteiger partial charge is 0.497 e. The van der Waals surface area contributed by atoms with Crippen molar-refractivity contribution in [2.75, 3.05) is 13.1 Å². The number of benzene rings is 1. The molecule has 1 aromatic rings. The van der Waals surface area contributed by atoms with Gasteiger partial charge < -0.3 is 14.2 Å². The number of hydrogen-bond acceptors (Lipinski definition) is 3. The van der Waals surface area contributed by atoms with Crippen LogP contribution in [0, 0.1) is 11.6 Å². The van der Waals surface area contributed by atoms with Gasteiger partial charge in [0, 0.05) is 18.6 Å². The highest BCUT2D eigenvalue weighted by Gasteiger charge is 2.52. The number of hydrogen-bond donors (Lipinski definition) is 0. The summed E-state index contributed by atoms with van der Waals surface area (Å²) < 4.78 is 40.7. The number of halogens is 2. The minimum Gasteiger partial charge on any atom is -0.399 e. The molecule has 0 unspecified atom stereocenters. The van der Waals surface area contributed by atoms with Gasteiger partial charge >= 0.3 is 7.12 Å². The molecule has 130 valence electrons. The van der Waals surface area contributed by atoms with Crippen molar-refractivity contribution < 1.29 is 22.9 Å². The van der Waals surface area contributed by atoms with Crippen molar-refractivity contribution in [2.24, 2.45) is 0 Å². The summed E-state index contributed by atoms with van der Waals surface area (Å²) in [5.74, 6) is -2.36. The third-order valence-electron chi connectivity index (χ3n) is 5.24. The minimum atomic E-state index is -0.972. The molecule has 7 heteroatoms. The molecule has 0 aromatic heterocycles. The molecule has 2 fully saturated rings. The Balaban J connectivity index is 1.97.